The Morgan fingerprint density at radius 1 is 1.28 bits per heavy atom. The quantitative estimate of drug-likeness (QED) is 0.269. The van der Waals surface area contributed by atoms with Gasteiger partial charge >= 0.3 is 0 Å². The predicted octanol–water partition coefficient (Wildman–Crippen LogP) is 3.51. The molecule has 0 radical (unpaired) electrons. The molecule has 0 amide bonds. The van der Waals surface area contributed by atoms with E-state index in [2.05, 4.69) is 30.7 Å². The highest BCUT2D eigenvalue weighted by Gasteiger charge is 2.21. The van der Waals surface area contributed by atoms with Gasteiger partial charge in [0.1, 0.15) is 11.6 Å². The summed E-state index contributed by atoms with van der Waals surface area (Å²) in [6, 6.07) is 10.8. The van der Waals surface area contributed by atoms with Gasteiger partial charge in [0, 0.05) is 50.4 Å². The maximum atomic E-state index is 13.3. The van der Waals surface area contributed by atoms with Crippen LogP contribution in [0.4, 0.5) is 4.39 Å². The number of pyridine rings is 1. The van der Waals surface area contributed by atoms with Gasteiger partial charge in [0.25, 0.3) is 0 Å². The minimum absolute atomic E-state index is 0. The summed E-state index contributed by atoms with van der Waals surface area (Å²) in [7, 11) is 1.78. The molecule has 2 N–H and O–H groups in total. The van der Waals surface area contributed by atoms with Crippen molar-refractivity contribution in [3.8, 4) is 0 Å². The summed E-state index contributed by atoms with van der Waals surface area (Å²) in [6.07, 6.45) is 4.87. The molecule has 1 fully saturated rings. The van der Waals surface area contributed by atoms with Crippen molar-refractivity contribution in [2.24, 2.45) is 4.99 Å². The summed E-state index contributed by atoms with van der Waals surface area (Å²) < 4.78 is 15.3. The van der Waals surface area contributed by atoms with Gasteiger partial charge in [0.05, 0.1) is 0 Å². The number of hydrogen-bond acceptors (Lipinski definition) is 4. The first-order valence-corrected chi connectivity index (χ1v) is 10.9. The molecule has 1 aromatic carbocycles. The van der Waals surface area contributed by atoms with E-state index >= 15 is 0 Å². The molecule has 2 aromatic heterocycles. The maximum absolute atomic E-state index is 13.3. The first-order valence-electron chi connectivity index (χ1n) is 10.5. The molecule has 1 saturated heterocycles. The van der Waals surface area contributed by atoms with E-state index in [1.54, 1.807) is 13.1 Å². The molecule has 10 heteroatoms. The van der Waals surface area contributed by atoms with Gasteiger partial charge in [-0.2, -0.15) is 0 Å². The van der Waals surface area contributed by atoms with Gasteiger partial charge in [-0.1, -0.05) is 23.7 Å². The number of piperidine rings is 1. The number of aromatic nitrogens is 3. The Labute approximate surface area is 209 Å². The summed E-state index contributed by atoms with van der Waals surface area (Å²) in [5, 5.41) is 15.8. The Morgan fingerprint density at radius 3 is 2.97 bits per heavy atom. The third-order valence-electron chi connectivity index (χ3n) is 5.50. The number of nitrogens with one attached hydrogen (secondary N) is 2. The lowest BCUT2D eigenvalue weighted by Gasteiger charge is -2.34. The highest BCUT2D eigenvalue weighted by Crippen LogP contribution is 2.21. The third kappa shape index (κ3) is 6.29. The fraction of sp³-hybridized carbons (Fsp3) is 0.409. The van der Waals surface area contributed by atoms with Crippen molar-refractivity contribution in [2.75, 3.05) is 26.7 Å². The van der Waals surface area contributed by atoms with Crippen LogP contribution in [0.25, 0.3) is 5.65 Å². The summed E-state index contributed by atoms with van der Waals surface area (Å²) in [5.41, 5.74) is 1.80. The number of fused-ring (bicyclic) bond motifs is 1. The van der Waals surface area contributed by atoms with Crippen molar-refractivity contribution >= 4 is 47.2 Å². The van der Waals surface area contributed by atoms with E-state index < -0.39 is 0 Å². The summed E-state index contributed by atoms with van der Waals surface area (Å²) in [6.45, 7) is 3.29. The van der Waals surface area contributed by atoms with E-state index in [0.717, 1.165) is 55.3 Å². The normalized spacial score (nSPS) is 17.2. The number of likely N-dealkylation sites (tertiary alicyclic amines) is 1. The molecule has 0 saturated carbocycles. The van der Waals surface area contributed by atoms with Crippen molar-refractivity contribution in [2.45, 2.75) is 31.8 Å². The lowest BCUT2D eigenvalue weighted by molar-refractivity contribution is 0.192. The van der Waals surface area contributed by atoms with Crippen LogP contribution in [0.1, 0.15) is 24.2 Å². The zero-order valence-electron chi connectivity index (χ0n) is 18.0. The molecular formula is C22H28ClFIN7. The number of aliphatic imine (C=N–C) groups is 1. The van der Waals surface area contributed by atoms with Crippen LogP contribution < -0.4 is 10.6 Å². The van der Waals surface area contributed by atoms with E-state index in [1.165, 1.54) is 12.1 Å². The van der Waals surface area contributed by atoms with Crippen LogP contribution in [0.5, 0.6) is 0 Å². The molecule has 4 rings (SSSR count). The zero-order valence-corrected chi connectivity index (χ0v) is 21.1. The molecule has 1 unspecified atom stereocenters. The van der Waals surface area contributed by atoms with Crippen molar-refractivity contribution in [1.29, 1.82) is 0 Å². The van der Waals surface area contributed by atoms with Crippen LogP contribution in [-0.4, -0.2) is 58.2 Å². The summed E-state index contributed by atoms with van der Waals surface area (Å²) in [4.78, 5) is 6.71. The molecule has 7 nitrogen and oxygen atoms in total. The molecule has 1 aliphatic rings. The Morgan fingerprint density at radius 2 is 2.16 bits per heavy atom. The minimum atomic E-state index is -0.305. The predicted molar refractivity (Wildman–Crippen MR) is 136 cm³/mol. The van der Waals surface area contributed by atoms with Gasteiger partial charge in [0.2, 0.25) is 0 Å². The molecule has 0 aliphatic carbocycles. The molecule has 1 aliphatic heterocycles. The third-order valence-corrected chi connectivity index (χ3v) is 5.86. The van der Waals surface area contributed by atoms with Crippen molar-refractivity contribution in [1.82, 2.24) is 30.1 Å². The molecule has 3 heterocycles. The van der Waals surface area contributed by atoms with E-state index in [-0.39, 0.29) is 35.8 Å². The first-order chi connectivity index (χ1) is 15.1. The SMILES string of the molecule is CN=C(NCCc1nnc2ccccn12)NC1CCCN(Cc2ccc(F)cc2Cl)C1.I. The van der Waals surface area contributed by atoms with E-state index in [1.807, 2.05) is 28.8 Å². The van der Waals surface area contributed by atoms with Crippen LogP contribution >= 0.6 is 35.6 Å². The topological polar surface area (TPSA) is 69.8 Å². The number of hydrogen-bond donors (Lipinski definition) is 2. The molecular weight excluding hydrogens is 544 g/mol. The minimum Gasteiger partial charge on any atom is -0.356 e. The molecule has 1 atom stereocenters. The molecule has 0 bridgehead atoms. The lowest BCUT2D eigenvalue weighted by Crippen LogP contribution is -2.51. The average molecular weight is 572 g/mol. The summed E-state index contributed by atoms with van der Waals surface area (Å²) >= 11 is 6.21. The van der Waals surface area contributed by atoms with Gasteiger partial charge in [-0.25, -0.2) is 4.39 Å². The second-order valence-electron chi connectivity index (χ2n) is 7.75. The first kappa shape index (κ1) is 24.7. The summed E-state index contributed by atoms with van der Waals surface area (Å²) in [5.74, 6) is 1.39. The lowest BCUT2D eigenvalue weighted by atomic mass is 10.0. The van der Waals surface area contributed by atoms with E-state index in [0.29, 0.717) is 18.1 Å². The zero-order chi connectivity index (χ0) is 21.6. The maximum Gasteiger partial charge on any atom is 0.191 e. The van der Waals surface area contributed by atoms with Gasteiger partial charge in [-0.05, 0) is 49.2 Å². The number of benzene rings is 1. The smallest absolute Gasteiger partial charge is 0.191 e. The number of guanidine groups is 1. The number of rotatable bonds is 6. The van der Waals surface area contributed by atoms with Crippen molar-refractivity contribution < 1.29 is 4.39 Å². The van der Waals surface area contributed by atoms with Crippen LogP contribution in [0, 0.1) is 5.82 Å². The van der Waals surface area contributed by atoms with Crippen LogP contribution in [0.15, 0.2) is 47.6 Å². The second-order valence-corrected chi connectivity index (χ2v) is 8.16. The van der Waals surface area contributed by atoms with Crippen LogP contribution in [0.3, 0.4) is 0 Å². The standard InChI is InChI=1S/C22H27ClFN7.HI/c1-25-22(26-10-9-21-29-28-20-6-2-3-12-31(20)21)27-18-5-4-11-30(15-18)14-16-7-8-17(24)13-19(16)23;/h2-3,6-8,12-13,18H,4-5,9-11,14-15H2,1H3,(H2,25,26,27);1H. The van der Waals surface area contributed by atoms with E-state index in [4.69, 9.17) is 11.6 Å². The van der Waals surface area contributed by atoms with Gasteiger partial charge in [0.15, 0.2) is 11.6 Å². The van der Waals surface area contributed by atoms with Crippen molar-refractivity contribution in [3.05, 3.63) is 64.8 Å². The van der Waals surface area contributed by atoms with Gasteiger partial charge in [-0.15, -0.1) is 34.2 Å². The fourth-order valence-corrected chi connectivity index (χ4v) is 4.18. The largest absolute Gasteiger partial charge is 0.356 e. The Balaban J connectivity index is 0.00000289. The second kappa shape index (κ2) is 11.8. The van der Waals surface area contributed by atoms with E-state index in [9.17, 15) is 4.39 Å². The Kier molecular flexibility index (Phi) is 9.06. The molecule has 0 spiro atoms. The van der Waals surface area contributed by atoms with Crippen molar-refractivity contribution in [3.63, 3.8) is 0 Å². The highest BCUT2D eigenvalue weighted by atomic mass is 127. The highest BCUT2D eigenvalue weighted by molar-refractivity contribution is 14.0. The molecule has 32 heavy (non-hydrogen) atoms. The Bertz CT molecular complexity index is 1060. The van der Waals surface area contributed by atoms with Gasteiger partial charge in [-0.3, -0.25) is 14.3 Å². The fourth-order valence-electron chi connectivity index (χ4n) is 3.95. The van der Waals surface area contributed by atoms with Gasteiger partial charge < -0.3 is 10.6 Å². The number of nitrogens with zero attached hydrogens (tertiary/aromatic N) is 5. The molecule has 3 aromatic rings. The van der Waals surface area contributed by atoms with Crippen LogP contribution in [-0.2, 0) is 13.0 Å². The van der Waals surface area contributed by atoms with Crippen LogP contribution in [0.2, 0.25) is 5.02 Å². The Hall–Kier alpha value is -1.98. The number of halogens is 3. The monoisotopic (exact) mass is 571 g/mol. The average Bonchev–Trinajstić information content (AvgIpc) is 3.18. The molecule has 172 valence electrons.